The van der Waals surface area contributed by atoms with E-state index in [1.165, 1.54) is 0 Å². The highest BCUT2D eigenvalue weighted by molar-refractivity contribution is 5.37. The molecule has 0 aromatic carbocycles. The predicted octanol–water partition coefficient (Wildman–Crippen LogP) is 3.08. The van der Waals surface area contributed by atoms with Crippen molar-refractivity contribution >= 4 is 11.9 Å². The summed E-state index contributed by atoms with van der Waals surface area (Å²) in [5, 5.41) is 6.64. The largest absolute Gasteiger partial charge is 0.467 e. The third-order valence-corrected chi connectivity index (χ3v) is 3.44. The molecule has 1 heterocycles. The Morgan fingerprint density at radius 1 is 0.800 bits per heavy atom. The second-order valence-corrected chi connectivity index (χ2v) is 4.78. The van der Waals surface area contributed by atoms with Crippen LogP contribution in [-0.4, -0.2) is 34.1 Å². The van der Waals surface area contributed by atoms with Crippen LogP contribution in [0.1, 0.15) is 53.4 Å². The molecule has 2 N–H and O–H groups in total. The fraction of sp³-hybridized carbons (Fsp3) is 0.786. The van der Waals surface area contributed by atoms with Crippen molar-refractivity contribution in [2.24, 2.45) is 0 Å². The van der Waals surface area contributed by atoms with Crippen molar-refractivity contribution in [3.05, 3.63) is 0 Å². The van der Waals surface area contributed by atoms with Crippen LogP contribution in [0.4, 0.5) is 11.9 Å². The van der Waals surface area contributed by atoms with Crippen LogP contribution in [0.25, 0.3) is 0 Å². The molecular formula is C14H27N5O. The number of ether oxygens (including phenoxy) is 1. The molecule has 0 spiro atoms. The highest BCUT2D eigenvalue weighted by Crippen LogP contribution is 2.15. The maximum Gasteiger partial charge on any atom is 0.322 e. The summed E-state index contributed by atoms with van der Waals surface area (Å²) in [5.41, 5.74) is 0. The minimum absolute atomic E-state index is 0.335. The Morgan fingerprint density at radius 2 is 1.20 bits per heavy atom. The lowest BCUT2D eigenvalue weighted by Crippen LogP contribution is -2.22. The topological polar surface area (TPSA) is 72.0 Å². The van der Waals surface area contributed by atoms with Gasteiger partial charge in [-0.25, -0.2) is 0 Å². The molecular weight excluding hydrogens is 254 g/mol. The first-order valence-corrected chi connectivity index (χ1v) is 7.49. The van der Waals surface area contributed by atoms with Crippen LogP contribution in [0.15, 0.2) is 0 Å². The quantitative estimate of drug-likeness (QED) is 0.724. The first kappa shape index (κ1) is 16.5. The number of hydrogen-bond donors (Lipinski definition) is 2. The highest BCUT2D eigenvalue weighted by atomic mass is 16.5. The van der Waals surface area contributed by atoms with Gasteiger partial charge in [-0.2, -0.15) is 15.0 Å². The first-order chi connectivity index (χ1) is 9.66. The van der Waals surface area contributed by atoms with Gasteiger partial charge in [0.15, 0.2) is 0 Å². The van der Waals surface area contributed by atoms with Crippen LogP contribution < -0.4 is 15.4 Å². The van der Waals surface area contributed by atoms with Crippen molar-refractivity contribution in [3.8, 4) is 6.01 Å². The molecule has 20 heavy (non-hydrogen) atoms. The zero-order valence-electron chi connectivity index (χ0n) is 13.2. The van der Waals surface area contributed by atoms with E-state index in [1.54, 1.807) is 7.11 Å². The molecule has 0 aliphatic rings. The van der Waals surface area contributed by atoms with Crippen LogP contribution in [0.2, 0.25) is 0 Å². The van der Waals surface area contributed by atoms with Crippen LogP contribution in [-0.2, 0) is 0 Å². The van der Waals surface area contributed by atoms with Crippen LogP contribution in [0.3, 0.4) is 0 Å². The number of hydrogen-bond acceptors (Lipinski definition) is 6. The number of methoxy groups -OCH3 is 1. The van der Waals surface area contributed by atoms with Gasteiger partial charge < -0.3 is 15.4 Å². The predicted molar refractivity (Wildman–Crippen MR) is 82.4 cm³/mol. The monoisotopic (exact) mass is 281 g/mol. The summed E-state index contributed by atoms with van der Waals surface area (Å²) in [6, 6.07) is 1.06. The van der Waals surface area contributed by atoms with Crippen molar-refractivity contribution in [3.63, 3.8) is 0 Å². The summed E-state index contributed by atoms with van der Waals surface area (Å²) in [5.74, 6) is 1.14. The molecule has 1 rings (SSSR count). The van der Waals surface area contributed by atoms with Crippen molar-refractivity contribution in [2.45, 2.75) is 65.5 Å². The second kappa shape index (κ2) is 8.55. The Morgan fingerprint density at radius 3 is 1.50 bits per heavy atom. The summed E-state index contributed by atoms with van der Waals surface area (Å²) >= 11 is 0. The third kappa shape index (κ3) is 4.83. The summed E-state index contributed by atoms with van der Waals surface area (Å²) in [6.07, 6.45) is 4.11. The van der Waals surface area contributed by atoms with Gasteiger partial charge in [-0.15, -0.1) is 0 Å². The van der Waals surface area contributed by atoms with E-state index < -0.39 is 0 Å². The molecule has 0 saturated heterocycles. The number of rotatable bonds is 9. The molecule has 0 amide bonds. The van der Waals surface area contributed by atoms with Crippen molar-refractivity contribution in [2.75, 3.05) is 17.7 Å². The Kier molecular flexibility index (Phi) is 7.04. The standard InChI is InChI=1S/C14H27N5O/c1-6-10(7-2)15-12-17-13(16-11(8-3)9-4)19-14(18-12)20-5/h10-11H,6-9H2,1-5H3,(H2,15,16,17,18,19). The SMILES string of the molecule is CCC(CC)Nc1nc(NC(CC)CC)nc(OC)n1. The van der Waals surface area contributed by atoms with E-state index >= 15 is 0 Å². The Bertz CT molecular complexity index is 359. The smallest absolute Gasteiger partial charge is 0.322 e. The zero-order chi connectivity index (χ0) is 15.0. The van der Waals surface area contributed by atoms with E-state index in [-0.39, 0.29) is 0 Å². The summed E-state index contributed by atoms with van der Waals surface area (Å²) < 4.78 is 5.15. The van der Waals surface area contributed by atoms with Gasteiger partial charge in [-0.05, 0) is 25.7 Å². The molecule has 0 bridgehead atoms. The van der Waals surface area contributed by atoms with E-state index in [4.69, 9.17) is 4.74 Å². The molecule has 6 nitrogen and oxygen atoms in total. The Hall–Kier alpha value is -1.59. The van der Waals surface area contributed by atoms with Crippen LogP contribution in [0, 0.1) is 0 Å². The molecule has 0 aliphatic heterocycles. The second-order valence-electron chi connectivity index (χ2n) is 4.78. The van der Waals surface area contributed by atoms with E-state index in [0.29, 0.717) is 30.0 Å². The lowest BCUT2D eigenvalue weighted by molar-refractivity contribution is 0.379. The van der Waals surface area contributed by atoms with Gasteiger partial charge in [0.2, 0.25) is 11.9 Å². The fourth-order valence-electron chi connectivity index (χ4n) is 1.93. The average molecular weight is 281 g/mol. The molecule has 1 aromatic heterocycles. The Labute approximate surface area is 121 Å². The van der Waals surface area contributed by atoms with Crippen molar-refractivity contribution in [1.82, 2.24) is 15.0 Å². The van der Waals surface area contributed by atoms with Gasteiger partial charge in [0.05, 0.1) is 7.11 Å². The molecule has 0 aliphatic carbocycles. The van der Waals surface area contributed by atoms with Crippen molar-refractivity contribution in [1.29, 1.82) is 0 Å². The third-order valence-electron chi connectivity index (χ3n) is 3.44. The molecule has 1 aromatic rings. The van der Waals surface area contributed by atoms with Gasteiger partial charge in [0.1, 0.15) is 0 Å². The minimum atomic E-state index is 0.335. The normalized spacial score (nSPS) is 10.9. The lowest BCUT2D eigenvalue weighted by atomic mass is 10.2. The number of nitrogens with zero attached hydrogens (tertiary/aromatic N) is 3. The summed E-state index contributed by atoms with van der Waals surface area (Å²) in [7, 11) is 1.57. The average Bonchev–Trinajstić information content (AvgIpc) is 2.49. The maximum atomic E-state index is 5.15. The van der Waals surface area contributed by atoms with E-state index in [2.05, 4.69) is 53.3 Å². The Balaban J connectivity index is 2.89. The number of nitrogens with one attached hydrogen (secondary N) is 2. The van der Waals surface area contributed by atoms with Gasteiger partial charge in [-0.1, -0.05) is 27.7 Å². The van der Waals surface area contributed by atoms with Crippen LogP contribution in [0.5, 0.6) is 6.01 Å². The maximum absolute atomic E-state index is 5.15. The molecule has 0 atom stereocenters. The molecule has 114 valence electrons. The molecule has 0 fully saturated rings. The lowest BCUT2D eigenvalue weighted by Gasteiger charge is -2.18. The molecule has 0 saturated carbocycles. The molecule has 0 unspecified atom stereocenters. The molecule has 0 radical (unpaired) electrons. The first-order valence-electron chi connectivity index (χ1n) is 7.49. The van der Waals surface area contributed by atoms with Gasteiger partial charge in [0, 0.05) is 12.1 Å². The minimum Gasteiger partial charge on any atom is -0.467 e. The number of aromatic nitrogens is 3. The van der Waals surface area contributed by atoms with Crippen molar-refractivity contribution < 1.29 is 4.74 Å². The highest BCUT2D eigenvalue weighted by Gasteiger charge is 2.12. The van der Waals surface area contributed by atoms with E-state index in [0.717, 1.165) is 25.7 Å². The number of anilines is 2. The van der Waals surface area contributed by atoms with Gasteiger partial charge in [-0.3, -0.25) is 0 Å². The molecule has 6 heteroatoms. The summed E-state index contributed by atoms with van der Waals surface area (Å²) in [4.78, 5) is 12.9. The van der Waals surface area contributed by atoms with E-state index in [9.17, 15) is 0 Å². The van der Waals surface area contributed by atoms with Gasteiger partial charge >= 0.3 is 6.01 Å². The summed E-state index contributed by atoms with van der Waals surface area (Å²) in [6.45, 7) is 8.57. The van der Waals surface area contributed by atoms with E-state index in [1.807, 2.05) is 0 Å². The van der Waals surface area contributed by atoms with Crippen LogP contribution >= 0.6 is 0 Å². The fourth-order valence-corrected chi connectivity index (χ4v) is 1.93. The zero-order valence-corrected chi connectivity index (χ0v) is 13.2. The van der Waals surface area contributed by atoms with Gasteiger partial charge in [0.25, 0.3) is 0 Å².